The quantitative estimate of drug-likeness (QED) is 0.701. The summed E-state index contributed by atoms with van der Waals surface area (Å²) in [5.41, 5.74) is 1.49. The lowest BCUT2D eigenvalue weighted by molar-refractivity contribution is 0.0903. The first-order valence-corrected chi connectivity index (χ1v) is 9.70. The van der Waals surface area contributed by atoms with E-state index < -0.39 is 0 Å². The Morgan fingerprint density at radius 1 is 1.26 bits per heavy atom. The molecule has 1 heterocycles. The number of rotatable bonds is 7. The largest absolute Gasteiger partial charge is 0.494 e. The first-order chi connectivity index (χ1) is 13.2. The van der Waals surface area contributed by atoms with Gasteiger partial charge in [0, 0.05) is 30.9 Å². The van der Waals surface area contributed by atoms with Gasteiger partial charge in [-0.15, -0.1) is 0 Å². The van der Waals surface area contributed by atoms with E-state index >= 15 is 0 Å². The highest BCUT2D eigenvalue weighted by Crippen LogP contribution is 2.19. The number of halogens is 1. The fourth-order valence-electron chi connectivity index (χ4n) is 3.09. The van der Waals surface area contributed by atoms with Crippen molar-refractivity contribution in [3.05, 3.63) is 59.9 Å². The van der Waals surface area contributed by atoms with Gasteiger partial charge in [0.1, 0.15) is 11.6 Å². The second-order valence-electron chi connectivity index (χ2n) is 6.49. The van der Waals surface area contributed by atoms with Gasteiger partial charge in [-0.05, 0) is 62.3 Å². The van der Waals surface area contributed by atoms with Crippen molar-refractivity contribution in [3.63, 3.8) is 0 Å². The van der Waals surface area contributed by atoms with Crippen LogP contribution in [0.5, 0.6) is 5.75 Å². The highest BCUT2D eigenvalue weighted by atomic mass is 32.1. The molecule has 0 aromatic heterocycles. The Kier molecular flexibility index (Phi) is 7.01. The molecule has 1 fully saturated rings. The summed E-state index contributed by atoms with van der Waals surface area (Å²) in [4.78, 5) is 1.97. The molecule has 1 saturated heterocycles. The van der Waals surface area contributed by atoms with E-state index in [2.05, 4.69) is 5.32 Å². The van der Waals surface area contributed by atoms with Crippen LogP contribution in [0.3, 0.4) is 0 Å². The summed E-state index contributed by atoms with van der Waals surface area (Å²) < 4.78 is 25.4. The molecule has 1 N–H and O–H groups in total. The number of nitrogens with zero attached hydrogens (tertiary/aromatic N) is 1. The van der Waals surface area contributed by atoms with Gasteiger partial charge in [-0.1, -0.05) is 18.2 Å². The zero-order valence-electron chi connectivity index (χ0n) is 15.5. The van der Waals surface area contributed by atoms with Gasteiger partial charge in [-0.2, -0.15) is 0 Å². The molecule has 2 aromatic carbocycles. The monoisotopic (exact) mass is 388 g/mol. The Hall–Kier alpha value is -2.18. The molecule has 0 radical (unpaired) electrons. The van der Waals surface area contributed by atoms with Crippen molar-refractivity contribution < 1.29 is 13.9 Å². The lowest BCUT2D eigenvalue weighted by atomic mass is 10.2. The maximum atomic E-state index is 14.1. The van der Waals surface area contributed by atoms with E-state index in [-0.39, 0.29) is 11.9 Å². The van der Waals surface area contributed by atoms with Crippen molar-refractivity contribution in [2.75, 3.05) is 25.1 Å². The van der Waals surface area contributed by atoms with Crippen molar-refractivity contribution >= 4 is 23.0 Å². The van der Waals surface area contributed by atoms with Crippen LogP contribution in [-0.4, -0.2) is 35.9 Å². The summed E-state index contributed by atoms with van der Waals surface area (Å²) in [6.45, 7) is 4.39. The van der Waals surface area contributed by atoms with Crippen LogP contribution in [0.4, 0.5) is 10.1 Å². The number of nitrogens with one attached hydrogen (secondary N) is 1. The minimum absolute atomic E-state index is 0.122. The van der Waals surface area contributed by atoms with Crippen LogP contribution < -0.4 is 10.1 Å². The Labute approximate surface area is 165 Å². The molecule has 1 aliphatic heterocycles. The van der Waals surface area contributed by atoms with Crippen molar-refractivity contribution in [1.29, 1.82) is 0 Å². The molecule has 6 heteroatoms. The summed E-state index contributed by atoms with van der Waals surface area (Å²) in [5, 5.41) is 3.80. The third-order valence-corrected chi connectivity index (χ3v) is 4.83. The van der Waals surface area contributed by atoms with E-state index in [0.29, 0.717) is 30.4 Å². The SMILES string of the molecule is CCOc1ccc(NC(=S)N(Cc2ccccc2F)CC2CCCO2)cc1. The average Bonchev–Trinajstić information content (AvgIpc) is 3.18. The van der Waals surface area contributed by atoms with E-state index in [1.165, 1.54) is 6.07 Å². The molecule has 27 heavy (non-hydrogen) atoms. The molecule has 3 rings (SSSR count). The summed E-state index contributed by atoms with van der Waals surface area (Å²) in [6, 6.07) is 14.4. The molecule has 2 aromatic rings. The van der Waals surface area contributed by atoms with Crippen molar-refractivity contribution in [1.82, 2.24) is 4.90 Å². The molecule has 1 atom stereocenters. The standard InChI is InChI=1S/C21H25FN2O2S/c1-2-25-18-11-9-17(10-12-18)23-21(27)24(15-19-7-5-13-26-19)14-16-6-3-4-8-20(16)22/h3-4,6,8-12,19H,2,5,7,13-15H2,1H3,(H,23,27). The summed E-state index contributed by atoms with van der Waals surface area (Å²) in [6.07, 6.45) is 2.17. The van der Waals surface area contributed by atoms with Gasteiger partial charge in [0.25, 0.3) is 0 Å². The molecule has 1 aliphatic rings. The number of ether oxygens (including phenoxy) is 2. The molecule has 4 nitrogen and oxygen atoms in total. The first-order valence-electron chi connectivity index (χ1n) is 9.29. The number of hydrogen-bond acceptors (Lipinski definition) is 3. The third kappa shape index (κ3) is 5.65. The normalized spacial score (nSPS) is 16.1. The van der Waals surface area contributed by atoms with Gasteiger partial charge in [-0.25, -0.2) is 4.39 Å². The Balaban J connectivity index is 1.70. The molecule has 0 saturated carbocycles. The van der Waals surface area contributed by atoms with Gasteiger partial charge in [0.2, 0.25) is 0 Å². The maximum absolute atomic E-state index is 14.1. The van der Waals surface area contributed by atoms with Crippen LogP contribution >= 0.6 is 12.2 Å². The minimum Gasteiger partial charge on any atom is -0.494 e. The van der Waals surface area contributed by atoms with Crippen molar-refractivity contribution in [2.45, 2.75) is 32.4 Å². The average molecular weight is 389 g/mol. The maximum Gasteiger partial charge on any atom is 0.173 e. The highest BCUT2D eigenvalue weighted by Gasteiger charge is 2.22. The van der Waals surface area contributed by atoms with Gasteiger partial charge < -0.3 is 19.7 Å². The van der Waals surface area contributed by atoms with Crippen LogP contribution in [-0.2, 0) is 11.3 Å². The number of benzene rings is 2. The molecular weight excluding hydrogens is 363 g/mol. The molecule has 0 spiro atoms. The minimum atomic E-state index is -0.223. The fraction of sp³-hybridized carbons (Fsp3) is 0.381. The zero-order chi connectivity index (χ0) is 19.1. The summed E-state index contributed by atoms with van der Waals surface area (Å²) >= 11 is 5.62. The molecule has 0 aliphatic carbocycles. The van der Waals surface area contributed by atoms with Gasteiger partial charge in [-0.3, -0.25) is 0 Å². The molecule has 144 valence electrons. The molecule has 0 bridgehead atoms. The van der Waals surface area contributed by atoms with Gasteiger partial charge in [0.15, 0.2) is 5.11 Å². The number of hydrogen-bond donors (Lipinski definition) is 1. The third-order valence-electron chi connectivity index (χ3n) is 4.47. The van der Waals surface area contributed by atoms with Crippen LogP contribution in [0.15, 0.2) is 48.5 Å². The van der Waals surface area contributed by atoms with Crippen LogP contribution in [0, 0.1) is 5.82 Å². The van der Waals surface area contributed by atoms with E-state index in [9.17, 15) is 4.39 Å². The Morgan fingerprint density at radius 3 is 2.70 bits per heavy atom. The first kappa shape index (κ1) is 19.6. The summed E-state index contributed by atoms with van der Waals surface area (Å²) in [7, 11) is 0. The van der Waals surface area contributed by atoms with E-state index in [1.54, 1.807) is 12.1 Å². The molecular formula is C21H25FN2O2S. The lowest BCUT2D eigenvalue weighted by Crippen LogP contribution is -2.39. The van der Waals surface area contributed by atoms with Gasteiger partial charge >= 0.3 is 0 Å². The molecule has 1 unspecified atom stereocenters. The zero-order valence-corrected chi connectivity index (χ0v) is 16.3. The van der Waals surface area contributed by atoms with Gasteiger partial charge in [0.05, 0.1) is 12.7 Å². The molecule has 0 amide bonds. The van der Waals surface area contributed by atoms with E-state index in [1.807, 2.05) is 42.2 Å². The van der Waals surface area contributed by atoms with Crippen LogP contribution in [0.25, 0.3) is 0 Å². The highest BCUT2D eigenvalue weighted by molar-refractivity contribution is 7.80. The lowest BCUT2D eigenvalue weighted by Gasteiger charge is -2.28. The predicted octanol–water partition coefficient (Wildman–Crippen LogP) is 4.60. The Bertz CT molecular complexity index is 748. The van der Waals surface area contributed by atoms with Crippen molar-refractivity contribution in [3.8, 4) is 5.75 Å². The second-order valence-corrected chi connectivity index (χ2v) is 6.88. The van der Waals surface area contributed by atoms with E-state index in [4.69, 9.17) is 21.7 Å². The number of thiocarbonyl (C=S) groups is 1. The second kappa shape index (κ2) is 9.67. The fourth-order valence-corrected chi connectivity index (χ4v) is 3.35. The Morgan fingerprint density at radius 2 is 2.04 bits per heavy atom. The van der Waals surface area contributed by atoms with Crippen LogP contribution in [0.1, 0.15) is 25.3 Å². The topological polar surface area (TPSA) is 33.7 Å². The van der Waals surface area contributed by atoms with E-state index in [0.717, 1.165) is 30.9 Å². The van der Waals surface area contributed by atoms with Crippen molar-refractivity contribution in [2.24, 2.45) is 0 Å². The smallest absolute Gasteiger partial charge is 0.173 e. The summed E-state index contributed by atoms with van der Waals surface area (Å²) in [5.74, 6) is 0.593. The number of anilines is 1. The predicted molar refractivity (Wildman–Crippen MR) is 110 cm³/mol. The van der Waals surface area contributed by atoms with Crippen LogP contribution in [0.2, 0.25) is 0 Å².